The van der Waals surface area contributed by atoms with E-state index in [4.69, 9.17) is 5.11 Å². The van der Waals surface area contributed by atoms with Crippen LogP contribution in [0.25, 0.3) is 0 Å². The molecule has 0 bridgehead atoms. The number of nitrogens with zero attached hydrogens (tertiary/aromatic N) is 4. The zero-order valence-corrected chi connectivity index (χ0v) is 13.1. The zero-order valence-electron chi connectivity index (χ0n) is 11.5. The molecule has 10 heteroatoms. The van der Waals surface area contributed by atoms with Gasteiger partial charge in [-0.15, -0.1) is 11.3 Å². The van der Waals surface area contributed by atoms with Crippen molar-refractivity contribution < 1.29 is 9.90 Å². The van der Waals surface area contributed by atoms with Gasteiger partial charge in [0.1, 0.15) is 0 Å². The molecule has 0 amide bonds. The highest BCUT2D eigenvalue weighted by molar-refractivity contribution is 8.01. The molecule has 112 valence electrons. The molecule has 2 rings (SSSR count). The van der Waals surface area contributed by atoms with Gasteiger partial charge in [-0.1, -0.05) is 0 Å². The summed E-state index contributed by atoms with van der Waals surface area (Å²) in [6.07, 6.45) is -0.108. The number of hydrogen-bond donors (Lipinski definition) is 1. The average molecular weight is 328 g/mol. The van der Waals surface area contributed by atoms with Gasteiger partial charge in [-0.3, -0.25) is 14.2 Å². The minimum atomic E-state index is -0.936. The third-order valence-corrected chi connectivity index (χ3v) is 4.83. The standard InChI is InChI=1S/C11H12N4O4S2/c1-5-6(4-7(16)17)20-10(12-5)21-8-9(18)14(2)11(19)15(3)13-8/h4H2,1-3H3,(H,16,17). The number of aliphatic carboxylic acids is 1. The van der Waals surface area contributed by atoms with E-state index in [-0.39, 0.29) is 11.4 Å². The Hall–Kier alpha value is -1.94. The van der Waals surface area contributed by atoms with Gasteiger partial charge in [-0.25, -0.2) is 14.5 Å². The quantitative estimate of drug-likeness (QED) is 0.843. The maximum Gasteiger partial charge on any atom is 0.346 e. The predicted molar refractivity (Wildman–Crippen MR) is 77.0 cm³/mol. The summed E-state index contributed by atoms with van der Waals surface area (Å²) < 4.78 is 2.56. The summed E-state index contributed by atoms with van der Waals surface area (Å²) in [5.41, 5.74) is -0.395. The van der Waals surface area contributed by atoms with E-state index in [0.29, 0.717) is 14.9 Å². The maximum absolute atomic E-state index is 12.0. The monoisotopic (exact) mass is 328 g/mol. The van der Waals surface area contributed by atoms with Crippen molar-refractivity contribution in [3.63, 3.8) is 0 Å². The minimum Gasteiger partial charge on any atom is -0.481 e. The van der Waals surface area contributed by atoms with Crippen molar-refractivity contribution in [2.75, 3.05) is 0 Å². The first-order chi connectivity index (χ1) is 9.79. The van der Waals surface area contributed by atoms with Gasteiger partial charge in [0.25, 0.3) is 5.56 Å². The minimum absolute atomic E-state index is 0.108. The van der Waals surface area contributed by atoms with Gasteiger partial charge in [0.05, 0.1) is 12.1 Å². The maximum atomic E-state index is 12.0. The lowest BCUT2D eigenvalue weighted by molar-refractivity contribution is -0.136. The summed E-state index contributed by atoms with van der Waals surface area (Å²) >= 11 is 2.23. The van der Waals surface area contributed by atoms with Crippen molar-refractivity contribution in [2.24, 2.45) is 14.1 Å². The van der Waals surface area contributed by atoms with Crippen molar-refractivity contribution in [3.8, 4) is 0 Å². The van der Waals surface area contributed by atoms with Crippen LogP contribution in [0.3, 0.4) is 0 Å². The Labute approximate surface area is 127 Å². The molecule has 2 aromatic rings. The second-order valence-corrected chi connectivity index (χ2v) is 6.56. The van der Waals surface area contributed by atoms with Crippen LogP contribution in [-0.2, 0) is 25.3 Å². The van der Waals surface area contributed by atoms with E-state index in [1.807, 2.05) is 0 Å². The smallest absolute Gasteiger partial charge is 0.346 e. The van der Waals surface area contributed by atoms with Gasteiger partial charge >= 0.3 is 11.7 Å². The summed E-state index contributed by atoms with van der Waals surface area (Å²) in [6, 6.07) is 0. The number of carbonyl (C=O) groups is 1. The molecule has 0 saturated heterocycles. The van der Waals surface area contributed by atoms with Crippen LogP contribution >= 0.6 is 23.1 Å². The normalized spacial score (nSPS) is 10.8. The summed E-state index contributed by atoms with van der Waals surface area (Å²) in [4.78, 5) is 39.1. The van der Waals surface area contributed by atoms with Gasteiger partial charge in [0.15, 0.2) is 9.37 Å². The van der Waals surface area contributed by atoms with Gasteiger partial charge in [0, 0.05) is 19.0 Å². The molecule has 0 aliphatic carbocycles. The average Bonchev–Trinajstić information content (AvgIpc) is 2.73. The molecule has 0 saturated carbocycles. The Morgan fingerprint density at radius 3 is 2.67 bits per heavy atom. The number of carboxylic acids is 1. The molecule has 1 N–H and O–H groups in total. The van der Waals surface area contributed by atoms with Crippen molar-refractivity contribution in [3.05, 3.63) is 31.4 Å². The van der Waals surface area contributed by atoms with Crippen LogP contribution < -0.4 is 11.2 Å². The van der Waals surface area contributed by atoms with Gasteiger partial charge in [-0.2, -0.15) is 5.10 Å². The SMILES string of the molecule is Cc1nc(Sc2nn(C)c(=O)n(C)c2=O)sc1CC(=O)O. The number of carboxylic acid groups (broad SMARTS) is 1. The lowest BCUT2D eigenvalue weighted by Crippen LogP contribution is -2.39. The summed E-state index contributed by atoms with van der Waals surface area (Å²) in [5.74, 6) is -0.936. The van der Waals surface area contributed by atoms with E-state index in [1.165, 1.54) is 25.4 Å². The first kappa shape index (κ1) is 15.4. The number of thiazole rings is 1. The third-order valence-electron chi connectivity index (χ3n) is 2.66. The molecule has 21 heavy (non-hydrogen) atoms. The number of aryl methyl sites for hydroxylation is 2. The van der Waals surface area contributed by atoms with E-state index >= 15 is 0 Å². The predicted octanol–water partition coefficient (Wildman–Crippen LogP) is 0.0222. The van der Waals surface area contributed by atoms with Gasteiger partial charge in [0.2, 0.25) is 0 Å². The van der Waals surface area contributed by atoms with Crippen molar-refractivity contribution in [1.29, 1.82) is 0 Å². The molecule has 2 heterocycles. The lowest BCUT2D eigenvalue weighted by Gasteiger charge is -2.03. The van der Waals surface area contributed by atoms with E-state index in [0.717, 1.165) is 21.0 Å². The van der Waals surface area contributed by atoms with E-state index in [9.17, 15) is 14.4 Å². The fourth-order valence-electron chi connectivity index (χ4n) is 1.56. The third kappa shape index (κ3) is 3.22. The number of aromatic nitrogens is 4. The summed E-state index contributed by atoms with van der Waals surface area (Å²) in [7, 11) is 2.83. The van der Waals surface area contributed by atoms with E-state index in [2.05, 4.69) is 10.1 Å². The fraction of sp³-hybridized carbons (Fsp3) is 0.364. The van der Waals surface area contributed by atoms with Crippen LogP contribution in [0.5, 0.6) is 0 Å². The Morgan fingerprint density at radius 2 is 2.05 bits per heavy atom. The van der Waals surface area contributed by atoms with Crippen LogP contribution in [0.2, 0.25) is 0 Å². The molecular formula is C11H12N4O4S2. The van der Waals surface area contributed by atoms with Crippen LogP contribution in [0.4, 0.5) is 0 Å². The molecule has 0 aliphatic heterocycles. The Balaban J connectivity index is 2.37. The lowest BCUT2D eigenvalue weighted by atomic mass is 10.3. The molecule has 0 fully saturated rings. The van der Waals surface area contributed by atoms with Gasteiger partial charge < -0.3 is 5.11 Å². The second-order valence-electron chi connectivity index (χ2n) is 4.24. The fourth-order valence-corrected chi connectivity index (χ4v) is 3.79. The molecule has 0 spiro atoms. The van der Waals surface area contributed by atoms with E-state index in [1.54, 1.807) is 6.92 Å². The van der Waals surface area contributed by atoms with Crippen molar-refractivity contribution in [1.82, 2.24) is 19.3 Å². The highest BCUT2D eigenvalue weighted by atomic mass is 32.2. The summed E-state index contributed by atoms with van der Waals surface area (Å²) in [6.45, 7) is 1.71. The Bertz CT molecular complexity index is 821. The highest BCUT2D eigenvalue weighted by Crippen LogP contribution is 2.30. The van der Waals surface area contributed by atoms with Crippen LogP contribution in [0.15, 0.2) is 19.0 Å². The first-order valence-electron chi connectivity index (χ1n) is 5.80. The Morgan fingerprint density at radius 1 is 1.38 bits per heavy atom. The highest BCUT2D eigenvalue weighted by Gasteiger charge is 2.16. The number of rotatable bonds is 4. The molecule has 0 unspecified atom stereocenters. The molecule has 2 aromatic heterocycles. The van der Waals surface area contributed by atoms with Crippen molar-refractivity contribution >= 4 is 29.1 Å². The zero-order chi connectivity index (χ0) is 15.7. The number of hydrogen-bond acceptors (Lipinski definition) is 7. The van der Waals surface area contributed by atoms with Crippen molar-refractivity contribution in [2.45, 2.75) is 22.7 Å². The van der Waals surface area contributed by atoms with E-state index < -0.39 is 17.2 Å². The molecule has 8 nitrogen and oxygen atoms in total. The summed E-state index contributed by atoms with van der Waals surface area (Å²) in [5, 5.41) is 12.8. The van der Waals surface area contributed by atoms with Gasteiger partial charge in [-0.05, 0) is 18.7 Å². The topological polar surface area (TPSA) is 107 Å². The molecule has 0 aromatic carbocycles. The molecular weight excluding hydrogens is 316 g/mol. The largest absolute Gasteiger partial charge is 0.481 e. The Kier molecular flexibility index (Phi) is 4.28. The van der Waals surface area contributed by atoms with Crippen LogP contribution in [-0.4, -0.2) is 30.4 Å². The van der Waals surface area contributed by atoms with Crippen LogP contribution in [0, 0.1) is 6.92 Å². The molecule has 0 atom stereocenters. The first-order valence-corrected chi connectivity index (χ1v) is 7.43. The molecule has 0 radical (unpaired) electrons. The second kappa shape index (κ2) is 5.82. The molecule has 0 aliphatic rings. The van der Waals surface area contributed by atoms with Crippen LogP contribution in [0.1, 0.15) is 10.6 Å².